The fourth-order valence-corrected chi connectivity index (χ4v) is 3.33. The number of carbonyl (C=O) groups is 1. The summed E-state index contributed by atoms with van der Waals surface area (Å²) in [7, 11) is 0. The number of benzene rings is 1. The molecule has 1 fully saturated rings. The summed E-state index contributed by atoms with van der Waals surface area (Å²) in [6.07, 6.45) is 5.12. The average Bonchev–Trinajstić information content (AvgIpc) is 2.68. The highest BCUT2D eigenvalue weighted by molar-refractivity contribution is 5.93. The van der Waals surface area contributed by atoms with Crippen molar-refractivity contribution < 1.29 is 9.53 Å². The Hall–Kier alpha value is -2.25. The van der Waals surface area contributed by atoms with E-state index in [1.54, 1.807) is 22.8 Å². The molecule has 0 amide bonds. The highest BCUT2D eigenvalue weighted by Crippen LogP contribution is 2.15. The molecule has 1 aliphatic heterocycles. The maximum absolute atomic E-state index is 12.4. The maximum Gasteiger partial charge on any atom is 0.338 e. The van der Waals surface area contributed by atoms with Crippen molar-refractivity contribution >= 4 is 17.0 Å². The third-order valence-corrected chi connectivity index (χ3v) is 5.09. The van der Waals surface area contributed by atoms with Gasteiger partial charge in [-0.05, 0) is 50.6 Å². The minimum atomic E-state index is -0.363. The lowest BCUT2D eigenvalue weighted by atomic mass is 10.1. The van der Waals surface area contributed by atoms with Gasteiger partial charge in [-0.2, -0.15) is 0 Å². The van der Waals surface area contributed by atoms with Crippen molar-refractivity contribution in [3.05, 3.63) is 40.3 Å². The molecule has 0 aliphatic carbocycles. The molecule has 7 heteroatoms. The van der Waals surface area contributed by atoms with Crippen LogP contribution in [0.3, 0.4) is 0 Å². The molecule has 7 nitrogen and oxygen atoms in total. The predicted molar refractivity (Wildman–Crippen MR) is 105 cm³/mol. The monoisotopic (exact) mass is 372 g/mol. The van der Waals surface area contributed by atoms with Crippen LogP contribution in [0.1, 0.15) is 43.0 Å². The molecule has 146 valence electrons. The summed E-state index contributed by atoms with van der Waals surface area (Å²) in [5.41, 5.74) is 7.61. The predicted octanol–water partition coefficient (Wildman–Crippen LogP) is 1.78. The number of nitrogens with zero attached hydrogens (tertiary/aromatic N) is 3. The van der Waals surface area contributed by atoms with Crippen LogP contribution in [0, 0.1) is 0 Å². The lowest BCUT2D eigenvalue weighted by Gasteiger charge is -2.30. The first kappa shape index (κ1) is 19.5. The van der Waals surface area contributed by atoms with Crippen LogP contribution in [0.15, 0.2) is 29.2 Å². The lowest BCUT2D eigenvalue weighted by molar-refractivity contribution is 0.0500. The first-order chi connectivity index (χ1) is 13.1. The zero-order valence-corrected chi connectivity index (χ0v) is 15.9. The van der Waals surface area contributed by atoms with Crippen molar-refractivity contribution in [2.75, 3.05) is 26.2 Å². The summed E-state index contributed by atoms with van der Waals surface area (Å²) in [4.78, 5) is 31.2. The largest absolute Gasteiger partial charge is 0.462 e. The second-order valence-corrected chi connectivity index (χ2v) is 7.12. The van der Waals surface area contributed by atoms with Crippen molar-refractivity contribution in [2.45, 2.75) is 45.2 Å². The average molecular weight is 372 g/mol. The molecule has 27 heavy (non-hydrogen) atoms. The van der Waals surface area contributed by atoms with Gasteiger partial charge in [-0.3, -0.25) is 4.79 Å². The Labute approximate surface area is 159 Å². The van der Waals surface area contributed by atoms with Gasteiger partial charge in [0.1, 0.15) is 0 Å². The van der Waals surface area contributed by atoms with Crippen LogP contribution < -0.4 is 11.3 Å². The molecule has 2 heterocycles. The van der Waals surface area contributed by atoms with E-state index in [4.69, 9.17) is 10.5 Å². The van der Waals surface area contributed by atoms with Crippen molar-refractivity contribution in [2.24, 2.45) is 5.73 Å². The Morgan fingerprint density at radius 2 is 2.07 bits per heavy atom. The third-order valence-electron chi connectivity index (χ3n) is 5.09. The number of nitrogens with two attached hydrogens (primary N) is 1. The summed E-state index contributed by atoms with van der Waals surface area (Å²) in [6, 6.07) is 5.46. The van der Waals surface area contributed by atoms with Crippen molar-refractivity contribution in [1.82, 2.24) is 14.5 Å². The van der Waals surface area contributed by atoms with Crippen LogP contribution in [0.4, 0.5) is 0 Å². The quantitative estimate of drug-likeness (QED) is 0.588. The van der Waals surface area contributed by atoms with E-state index >= 15 is 0 Å². The fraction of sp³-hybridized carbons (Fsp3) is 0.550. The molecule has 0 saturated carbocycles. The number of ether oxygens (including phenoxy) is 1. The van der Waals surface area contributed by atoms with Gasteiger partial charge >= 0.3 is 5.97 Å². The molecule has 1 aromatic heterocycles. The molecule has 2 N–H and O–H groups in total. The van der Waals surface area contributed by atoms with Crippen molar-refractivity contribution in [3.63, 3.8) is 0 Å². The Morgan fingerprint density at radius 1 is 1.30 bits per heavy atom. The second kappa shape index (κ2) is 9.10. The Bertz CT molecular complexity index is 841. The number of likely N-dealkylation sites (tertiary alicyclic amines) is 1. The number of unbranched alkanes of at least 4 members (excludes halogenated alkanes) is 1. The molecule has 0 atom stereocenters. The van der Waals surface area contributed by atoms with Gasteiger partial charge in [-0.15, -0.1) is 0 Å². The third kappa shape index (κ3) is 4.93. The van der Waals surface area contributed by atoms with Gasteiger partial charge in [0, 0.05) is 19.1 Å². The SMILES string of the molecule is CCCCOC(=O)c1ccc2ncc(=O)n(CCN3CCC(N)CC3)c2c1. The second-order valence-electron chi connectivity index (χ2n) is 7.12. The van der Waals surface area contributed by atoms with Gasteiger partial charge in [0.2, 0.25) is 0 Å². The molecule has 3 rings (SSSR count). The Balaban J connectivity index is 1.78. The van der Waals surface area contributed by atoms with E-state index in [1.807, 2.05) is 6.92 Å². The molecule has 0 bridgehead atoms. The molecule has 0 spiro atoms. The molecule has 1 saturated heterocycles. The van der Waals surface area contributed by atoms with Gasteiger partial charge in [-0.1, -0.05) is 13.3 Å². The molecule has 2 aromatic rings. The van der Waals surface area contributed by atoms with Gasteiger partial charge in [0.15, 0.2) is 0 Å². The smallest absolute Gasteiger partial charge is 0.338 e. The molecule has 0 unspecified atom stereocenters. The normalized spacial score (nSPS) is 15.9. The summed E-state index contributed by atoms with van der Waals surface area (Å²) in [5.74, 6) is -0.363. The molecule has 1 aliphatic rings. The summed E-state index contributed by atoms with van der Waals surface area (Å²) in [5, 5.41) is 0. The highest BCUT2D eigenvalue weighted by atomic mass is 16.5. The van der Waals surface area contributed by atoms with Gasteiger partial charge in [-0.25, -0.2) is 9.78 Å². The van der Waals surface area contributed by atoms with Crippen LogP contribution in [-0.2, 0) is 11.3 Å². The highest BCUT2D eigenvalue weighted by Gasteiger charge is 2.17. The van der Waals surface area contributed by atoms with Crippen LogP contribution in [-0.4, -0.2) is 52.7 Å². The molecule has 1 aromatic carbocycles. The fourth-order valence-electron chi connectivity index (χ4n) is 3.33. The van der Waals surface area contributed by atoms with E-state index < -0.39 is 0 Å². The Morgan fingerprint density at radius 3 is 2.81 bits per heavy atom. The zero-order chi connectivity index (χ0) is 19.2. The van der Waals surface area contributed by atoms with E-state index in [1.165, 1.54) is 6.20 Å². The van der Waals surface area contributed by atoms with Gasteiger partial charge < -0.3 is 19.9 Å². The van der Waals surface area contributed by atoms with Gasteiger partial charge in [0.25, 0.3) is 5.56 Å². The number of hydrogen-bond donors (Lipinski definition) is 1. The number of fused-ring (bicyclic) bond motifs is 1. The van der Waals surface area contributed by atoms with E-state index in [9.17, 15) is 9.59 Å². The molecule has 0 radical (unpaired) electrons. The van der Waals surface area contributed by atoms with Crippen molar-refractivity contribution in [3.8, 4) is 0 Å². The number of hydrogen-bond acceptors (Lipinski definition) is 6. The molecular weight excluding hydrogens is 344 g/mol. The lowest BCUT2D eigenvalue weighted by Crippen LogP contribution is -2.41. The van der Waals surface area contributed by atoms with E-state index in [0.29, 0.717) is 29.7 Å². The van der Waals surface area contributed by atoms with Gasteiger partial charge in [0.05, 0.1) is 29.4 Å². The van der Waals surface area contributed by atoms with Crippen LogP contribution in [0.5, 0.6) is 0 Å². The summed E-state index contributed by atoms with van der Waals surface area (Å²) in [6.45, 7) is 5.69. The van der Waals surface area contributed by atoms with E-state index in [0.717, 1.165) is 45.3 Å². The first-order valence-corrected chi connectivity index (χ1v) is 9.73. The maximum atomic E-state index is 12.4. The van der Waals surface area contributed by atoms with Crippen LogP contribution >= 0.6 is 0 Å². The topological polar surface area (TPSA) is 90.4 Å². The first-order valence-electron chi connectivity index (χ1n) is 9.73. The number of aromatic nitrogens is 2. The standard InChI is InChI=1S/C20H28N4O3/c1-2-3-12-27-20(26)15-4-5-17-18(13-15)24(19(25)14-22-17)11-10-23-8-6-16(21)7-9-23/h4-5,13-14,16H,2-3,6-12,21H2,1H3. The van der Waals surface area contributed by atoms with Crippen LogP contribution in [0.25, 0.3) is 11.0 Å². The van der Waals surface area contributed by atoms with E-state index in [-0.39, 0.29) is 17.6 Å². The summed E-state index contributed by atoms with van der Waals surface area (Å²) >= 11 is 0. The number of rotatable bonds is 7. The van der Waals surface area contributed by atoms with E-state index in [2.05, 4.69) is 9.88 Å². The number of esters is 1. The van der Waals surface area contributed by atoms with Crippen LogP contribution in [0.2, 0.25) is 0 Å². The number of carbonyl (C=O) groups excluding carboxylic acids is 1. The number of piperidine rings is 1. The summed E-state index contributed by atoms with van der Waals surface area (Å²) < 4.78 is 6.98. The minimum absolute atomic E-state index is 0.160. The Kier molecular flexibility index (Phi) is 6.58. The minimum Gasteiger partial charge on any atom is -0.462 e. The zero-order valence-electron chi connectivity index (χ0n) is 15.9. The molecular formula is C20H28N4O3. The van der Waals surface area contributed by atoms with Crippen molar-refractivity contribution in [1.29, 1.82) is 0 Å².